The van der Waals surface area contributed by atoms with E-state index in [4.69, 9.17) is 21.1 Å². The Kier molecular flexibility index (Phi) is 8.69. The van der Waals surface area contributed by atoms with Crippen LogP contribution in [-0.4, -0.2) is 38.6 Å². The van der Waals surface area contributed by atoms with Gasteiger partial charge in [0.15, 0.2) is 0 Å². The standard InChI is InChI=1S/C14H20ClNO3S/c1-3-19-14(17)10-20-13-6-4-5-12(15)11(13)9-16-7-8-18-2/h4-6,16H,3,7-10H2,1-2H3. The van der Waals surface area contributed by atoms with E-state index in [-0.39, 0.29) is 5.97 Å². The molecule has 0 aliphatic carbocycles. The third-order valence-corrected chi connectivity index (χ3v) is 3.94. The Morgan fingerprint density at radius 3 is 2.95 bits per heavy atom. The van der Waals surface area contributed by atoms with Crippen LogP contribution in [0.4, 0.5) is 0 Å². The summed E-state index contributed by atoms with van der Waals surface area (Å²) < 4.78 is 9.91. The average Bonchev–Trinajstić information content (AvgIpc) is 2.43. The molecule has 0 saturated heterocycles. The van der Waals surface area contributed by atoms with Crippen molar-refractivity contribution >= 4 is 29.3 Å². The molecule has 1 rings (SSSR count). The zero-order chi connectivity index (χ0) is 14.8. The predicted molar refractivity (Wildman–Crippen MR) is 82.4 cm³/mol. The zero-order valence-corrected chi connectivity index (χ0v) is 13.4. The van der Waals surface area contributed by atoms with Crippen molar-refractivity contribution in [2.75, 3.05) is 32.6 Å². The van der Waals surface area contributed by atoms with Crippen molar-refractivity contribution in [1.82, 2.24) is 5.32 Å². The number of hydrogen-bond donors (Lipinski definition) is 1. The third kappa shape index (κ3) is 6.13. The zero-order valence-electron chi connectivity index (χ0n) is 11.8. The number of rotatable bonds is 9. The van der Waals surface area contributed by atoms with Crippen molar-refractivity contribution in [2.45, 2.75) is 18.4 Å². The van der Waals surface area contributed by atoms with Gasteiger partial charge in [-0.3, -0.25) is 4.79 Å². The van der Waals surface area contributed by atoms with Crippen molar-refractivity contribution in [2.24, 2.45) is 0 Å². The molecule has 6 heteroatoms. The van der Waals surface area contributed by atoms with Gasteiger partial charge in [-0.2, -0.15) is 0 Å². The largest absolute Gasteiger partial charge is 0.465 e. The van der Waals surface area contributed by atoms with Crippen LogP contribution in [0.25, 0.3) is 0 Å². The highest BCUT2D eigenvalue weighted by Crippen LogP contribution is 2.28. The fourth-order valence-electron chi connectivity index (χ4n) is 1.57. The number of carbonyl (C=O) groups excluding carboxylic acids is 1. The van der Waals surface area contributed by atoms with Crippen LogP contribution in [0.5, 0.6) is 0 Å². The fourth-order valence-corrected chi connectivity index (χ4v) is 2.76. The van der Waals surface area contributed by atoms with Gasteiger partial charge in [-0.25, -0.2) is 0 Å². The van der Waals surface area contributed by atoms with Crippen LogP contribution in [0.3, 0.4) is 0 Å². The topological polar surface area (TPSA) is 47.6 Å². The van der Waals surface area contributed by atoms with Gasteiger partial charge >= 0.3 is 5.97 Å². The summed E-state index contributed by atoms with van der Waals surface area (Å²) in [5, 5.41) is 3.96. The highest BCUT2D eigenvalue weighted by atomic mass is 35.5. The van der Waals surface area contributed by atoms with Crippen molar-refractivity contribution in [3.8, 4) is 0 Å². The molecule has 20 heavy (non-hydrogen) atoms. The van der Waals surface area contributed by atoms with E-state index >= 15 is 0 Å². The Hall–Kier alpha value is -0.750. The molecule has 0 fully saturated rings. The second-order valence-corrected chi connectivity index (χ2v) is 5.40. The third-order valence-electron chi connectivity index (χ3n) is 2.51. The molecule has 1 aromatic rings. The molecule has 112 valence electrons. The minimum Gasteiger partial charge on any atom is -0.465 e. The lowest BCUT2D eigenvalue weighted by Gasteiger charge is -2.12. The number of nitrogens with one attached hydrogen (secondary N) is 1. The molecule has 0 amide bonds. The Bertz CT molecular complexity index is 429. The predicted octanol–water partition coefficient (Wildman–Crippen LogP) is 2.73. The average molecular weight is 318 g/mol. The molecule has 0 heterocycles. The van der Waals surface area contributed by atoms with E-state index in [1.165, 1.54) is 11.8 Å². The highest BCUT2D eigenvalue weighted by Gasteiger charge is 2.10. The number of esters is 1. The van der Waals surface area contributed by atoms with Gasteiger partial charge in [-0.05, 0) is 24.6 Å². The van der Waals surface area contributed by atoms with Gasteiger partial charge < -0.3 is 14.8 Å². The monoisotopic (exact) mass is 317 g/mol. The molecular weight excluding hydrogens is 298 g/mol. The van der Waals surface area contributed by atoms with Crippen LogP contribution in [0.15, 0.2) is 23.1 Å². The first-order valence-corrected chi connectivity index (χ1v) is 7.80. The molecular formula is C14H20ClNO3S. The summed E-state index contributed by atoms with van der Waals surface area (Å²) in [6.07, 6.45) is 0. The molecule has 0 aliphatic rings. The number of carbonyl (C=O) groups is 1. The fraction of sp³-hybridized carbons (Fsp3) is 0.500. The van der Waals surface area contributed by atoms with Gasteiger partial charge in [0.2, 0.25) is 0 Å². The summed E-state index contributed by atoms with van der Waals surface area (Å²) in [6.45, 7) is 4.25. The van der Waals surface area contributed by atoms with Gasteiger partial charge in [0, 0.05) is 30.1 Å². The number of hydrogen-bond acceptors (Lipinski definition) is 5. The SMILES string of the molecule is CCOC(=O)CSc1cccc(Cl)c1CNCCOC. The van der Waals surface area contributed by atoms with Gasteiger partial charge in [0.05, 0.1) is 19.0 Å². The van der Waals surface area contributed by atoms with Crippen LogP contribution in [0.1, 0.15) is 12.5 Å². The smallest absolute Gasteiger partial charge is 0.316 e. The Morgan fingerprint density at radius 2 is 2.25 bits per heavy atom. The van der Waals surface area contributed by atoms with Gasteiger partial charge in [-0.15, -0.1) is 11.8 Å². The summed E-state index contributed by atoms with van der Waals surface area (Å²) in [6, 6.07) is 5.70. The van der Waals surface area contributed by atoms with Crippen LogP contribution < -0.4 is 5.32 Å². The number of ether oxygens (including phenoxy) is 2. The molecule has 1 N–H and O–H groups in total. The maximum Gasteiger partial charge on any atom is 0.316 e. The molecule has 1 aromatic carbocycles. The van der Waals surface area contributed by atoms with Crippen LogP contribution in [-0.2, 0) is 20.8 Å². The van der Waals surface area contributed by atoms with E-state index in [2.05, 4.69) is 5.32 Å². The van der Waals surface area contributed by atoms with Crippen LogP contribution in [0, 0.1) is 0 Å². The maximum absolute atomic E-state index is 11.4. The lowest BCUT2D eigenvalue weighted by Crippen LogP contribution is -2.19. The molecule has 0 aliphatic heterocycles. The first kappa shape index (κ1) is 17.3. The Labute approximate surface area is 129 Å². The number of halogens is 1. The molecule has 0 aromatic heterocycles. The second kappa shape index (κ2) is 10.0. The number of methoxy groups -OCH3 is 1. The van der Waals surface area contributed by atoms with E-state index in [0.29, 0.717) is 30.5 Å². The second-order valence-electron chi connectivity index (χ2n) is 3.98. The first-order chi connectivity index (χ1) is 9.69. The molecule has 0 saturated carbocycles. The van der Waals surface area contributed by atoms with E-state index < -0.39 is 0 Å². The Balaban J connectivity index is 2.60. The number of thioether (sulfide) groups is 1. The summed E-state index contributed by atoms with van der Waals surface area (Å²) >= 11 is 7.66. The van der Waals surface area contributed by atoms with E-state index in [1.807, 2.05) is 18.2 Å². The van der Waals surface area contributed by atoms with Crippen LogP contribution in [0.2, 0.25) is 5.02 Å². The molecule has 0 radical (unpaired) electrons. The minimum absolute atomic E-state index is 0.212. The normalized spacial score (nSPS) is 10.6. The maximum atomic E-state index is 11.4. The van der Waals surface area contributed by atoms with Crippen molar-refractivity contribution in [3.63, 3.8) is 0 Å². The lowest BCUT2D eigenvalue weighted by atomic mass is 10.2. The highest BCUT2D eigenvalue weighted by molar-refractivity contribution is 8.00. The lowest BCUT2D eigenvalue weighted by molar-refractivity contribution is -0.139. The molecule has 0 bridgehead atoms. The van der Waals surface area contributed by atoms with Gasteiger partial charge in [0.1, 0.15) is 0 Å². The number of benzene rings is 1. The Morgan fingerprint density at radius 1 is 1.45 bits per heavy atom. The van der Waals surface area contributed by atoms with Crippen molar-refractivity contribution in [3.05, 3.63) is 28.8 Å². The minimum atomic E-state index is -0.212. The van der Waals surface area contributed by atoms with Crippen LogP contribution >= 0.6 is 23.4 Å². The van der Waals surface area contributed by atoms with E-state index in [0.717, 1.165) is 17.0 Å². The van der Waals surface area contributed by atoms with E-state index in [9.17, 15) is 4.79 Å². The summed E-state index contributed by atoms with van der Waals surface area (Å²) in [5.74, 6) is 0.0787. The molecule has 4 nitrogen and oxygen atoms in total. The van der Waals surface area contributed by atoms with Crippen molar-refractivity contribution in [1.29, 1.82) is 0 Å². The summed E-state index contributed by atoms with van der Waals surface area (Å²) in [7, 11) is 1.66. The van der Waals surface area contributed by atoms with E-state index in [1.54, 1.807) is 14.0 Å². The molecule has 0 unspecified atom stereocenters. The van der Waals surface area contributed by atoms with Gasteiger partial charge in [0.25, 0.3) is 0 Å². The van der Waals surface area contributed by atoms with Gasteiger partial charge in [-0.1, -0.05) is 17.7 Å². The molecule has 0 spiro atoms. The first-order valence-electron chi connectivity index (χ1n) is 6.44. The summed E-state index contributed by atoms with van der Waals surface area (Å²) in [5.41, 5.74) is 1.000. The van der Waals surface area contributed by atoms with Crippen molar-refractivity contribution < 1.29 is 14.3 Å². The summed E-state index contributed by atoms with van der Waals surface area (Å²) in [4.78, 5) is 12.4. The quantitative estimate of drug-likeness (QED) is 0.431. The molecule has 0 atom stereocenters.